The van der Waals surface area contributed by atoms with E-state index in [2.05, 4.69) is 4.52 Å². The molecule has 0 aromatic carbocycles. The van der Waals surface area contributed by atoms with Gasteiger partial charge in [-0.05, 0) is 0 Å². The number of rotatable bonds is 8. The van der Waals surface area contributed by atoms with Crippen molar-refractivity contribution in [3.05, 3.63) is 0 Å². The number of ether oxygens (including phenoxy) is 2. The van der Waals surface area contributed by atoms with Crippen molar-refractivity contribution in [1.29, 1.82) is 0 Å². The molecule has 12 heteroatoms. The lowest BCUT2D eigenvalue weighted by atomic mass is 9.95. The van der Waals surface area contributed by atoms with Crippen LogP contribution in [0.3, 0.4) is 0 Å². The number of hydrogen-bond donors (Lipinski definition) is 6. The molecule has 0 aliphatic carbocycles. The van der Waals surface area contributed by atoms with Gasteiger partial charge in [-0.1, -0.05) is 0 Å². The molecule has 1 aliphatic rings. The van der Waals surface area contributed by atoms with Gasteiger partial charge < -0.3 is 40.5 Å². The summed E-state index contributed by atoms with van der Waals surface area (Å²) in [5.41, 5.74) is 5.14. The summed E-state index contributed by atoms with van der Waals surface area (Å²) in [6.07, 6.45) is -9.28. The maximum Gasteiger partial charge on any atom is 0.472 e. The van der Waals surface area contributed by atoms with Crippen LogP contribution in [0.4, 0.5) is 0 Å². The first-order valence-corrected chi connectivity index (χ1v) is 7.96. The predicted octanol–water partition coefficient (Wildman–Crippen LogP) is -3.11. The maximum absolute atomic E-state index is 11.7. The predicted molar refractivity (Wildman–Crippen MR) is 70.5 cm³/mol. The zero-order valence-corrected chi connectivity index (χ0v) is 12.8. The number of methoxy groups -OCH3 is 1. The Hall–Kier alpha value is -0.170. The zero-order valence-electron chi connectivity index (χ0n) is 11.9. The summed E-state index contributed by atoms with van der Waals surface area (Å²) in [6.45, 7) is -1.11. The normalized spacial score (nSPS) is 36.8. The highest BCUT2D eigenvalue weighted by Gasteiger charge is 2.50. The second-order valence-electron chi connectivity index (χ2n) is 4.60. The van der Waals surface area contributed by atoms with E-state index < -0.39 is 51.2 Å². The fourth-order valence-electron chi connectivity index (χ4n) is 1.95. The van der Waals surface area contributed by atoms with E-state index >= 15 is 0 Å². The third-order valence-corrected chi connectivity index (χ3v) is 4.02. The van der Waals surface area contributed by atoms with E-state index in [9.17, 15) is 24.8 Å². The highest BCUT2D eigenvalue weighted by Crippen LogP contribution is 2.47. The van der Waals surface area contributed by atoms with Gasteiger partial charge in [-0.15, -0.1) is 0 Å². The Kier molecular flexibility index (Phi) is 7.79. The number of hydrogen-bond acceptors (Lipinski definition) is 10. The SMILES string of the molecule is CO[C@H]1O[C@H]([C@@H](O)CO)[C@@H](OP(=O)(O)OCCN)[C@H](O)[C@@H]1O. The fraction of sp³-hybridized carbons (Fsp3) is 1.00. The standard InChI is InChI=1S/C10H22NO10P/c1-18-10-7(15)6(14)9(8(20-10)5(13)4-12)21-22(16,17)19-3-2-11/h5-10,12-15H,2-4,11H2,1H3,(H,16,17)/t5-,6+,7-,8+,9-,10-/m0/s1. The van der Waals surface area contributed by atoms with Crippen molar-refractivity contribution in [2.45, 2.75) is 36.8 Å². The Labute approximate surface area is 126 Å². The Bertz CT molecular complexity index is 385. The molecular weight excluding hydrogens is 325 g/mol. The molecule has 0 bridgehead atoms. The summed E-state index contributed by atoms with van der Waals surface area (Å²) in [7, 11) is -3.44. The van der Waals surface area contributed by atoms with E-state index in [0.29, 0.717) is 0 Å². The van der Waals surface area contributed by atoms with Crippen LogP contribution in [0.1, 0.15) is 0 Å². The molecule has 1 heterocycles. The molecule has 1 fully saturated rings. The molecule has 7 atom stereocenters. The van der Waals surface area contributed by atoms with E-state index in [1.165, 1.54) is 7.11 Å². The summed E-state index contributed by atoms with van der Waals surface area (Å²) in [5.74, 6) is 0. The van der Waals surface area contributed by atoms with Crippen LogP contribution in [0.2, 0.25) is 0 Å². The molecule has 1 rings (SSSR count). The zero-order chi connectivity index (χ0) is 16.9. The van der Waals surface area contributed by atoms with Gasteiger partial charge in [0.2, 0.25) is 0 Å². The largest absolute Gasteiger partial charge is 0.472 e. The molecule has 0 radical (unpaired) electrons. The van der Waals surface area contributed by atoms with Gasteiger partial charge in [-0.3, -0.25) is 9.05 Å². The van der Waals surface area contributed by atoms with Crippen molar-refractivity contribution in [3.8, 4) is 0 Å². The van der Waals surface area contributed by atoms with Gasteiger partial charge in [0.15, 0.2) is 6.29 Å². The molecule has 0 aromatic rings. The molecule has 7 N–H and O–H groups in total. The maximum atomic E-state index is 11.7. The van der Waals surface area contributed by atoms with Crippen LogP contribution < -0.4 is 5.73 Å². The van der Waals surface area contributed by atoms with Crippen LogP contribution in [0, 0.1) is 0 Å². The van der Waals surface area contributed by atoms with E-state index in [-0.39, 0.29) is 13.2 Å². The topological polar surface area (TPSA) is 181 Å². The average molecular weight is 347 g/mol. The van der Waals surface area contributed by atoms with Crippen LogP contribution in [-0.4, -0.2) is 89.0 Å². The van der Waals surface area contributed by atoms with Crippen molar-refractivity contribution in [2.75, 3.05) is 26.9 Å². The fourth-order valence-corrected chi connectivity index (χ4v) is 2.89. The molecule has 11 nitrogen and oxygen atoms in total. The monoisotopic (exact) mass is 347 g/mol. The highest BCUT2D eigenvalue weighted by molar-refractivity contribution is 7.47. The quantitative estimate of drug-likeness (QED) is 0.245. The Morgan fingerprint density at radius 3 is 2.50 bits per heavy atom. The molecule has 0 amide bonds. The first-order valence-electron chi connectivity index (χ1n) is 6.46. The van der Waals surface area contributed by atoms with Gasteiger partial charge in [0.05, 0.1) is 13.2 Å². The molecule has 1 unspecified atom stereocenters. The lowest BCUT2D eigenvalue weighted by Crippen LogP contribution is -2.62. The minimum absolute atomic E-state index is 0.0469. The van der Waals surface area contributed by atoms with Crippen molar-refractivity contribution >= 4 is 7.82 Å². The first kappa shape index (κ1) is 19.9. The van der Waals surface area contributed by atoms with Crippen LogP contribution in [0.25, 0.3) is 0 Å². The number of nitrogens with two attached hydrogens (primary N) is 1. The molecule has 0 saturated carbocycles. The smallest absolute Gasteiger partial charge is 0.394 e. The minimum atomic E-state index is -4.62. The molecule has 0 spiro atoms. The summed E-state index contributed by atoms with van der Waals surface area (Å²) >= 11 is 0. The Morgan fingerprint density at radius 2 is 2.00 bits per heavy atom. The molecule has 132 valence electrons. The number of aliphatic hydroxyl groups is 4. The summed E-state index contributed by atoms with van der Waals surface area (Å²) in [4.78, 5) is 9.53. The molecular formula is C10H22NO10P. The van der Waals surface area contributed by atoms with E-state index in [1.54, 1.807) is 0 Å². The minimum Gasteiger partial charge on any atom is -0.394 e. The highest BCUT2D eigenvalue weighted by atomic mass is 31.2. The summed E-state index contributed by atoms with van der Waals surface area (Å²) in [6, 6.07) is 0. The van der Waals surface area contributed by atoms with Gasteiger partial charge in [-0.2, -0.15) is 0 Å². The molecule has 0 aromatic heterocycles. The number of phosphoric acid groups is 1. The Morgan fingerprint density at radius 1 is 1.36 bits per heavy atom. The van der Waals surface area contributed by atoms with Gasteiger partial charge in [0.1, 0.15) is 30.5 Å². The molecule has 1 saturated heterocycles. The van der Waals surface area contributed by atoms with Crippen molar-refractivity contribution < 1.29 is 48.4 Å². The Balaban J connectivity index is 2.92. The van der Waals surface area contributed by atoms with Crippen molar-refractivity contribution in [3.63, 3.8) is 0 Å². The van der Waals surface area contributed by atoms with Crippen LogP contribution in [0.15, 0.2) is 0 Å². The summed E-state index contributed by atoms with van der Waals surface area (Å²) < 4.78 is 31.0. The first-order chi connectivity index (χ1) is 10.3. The van der Waals surface area contributed by atoms with E-state index in [4.69, 9.17) is 24.8 Å². The second kappa shape index (κ2) is 8.62. The summed E-state index contributed by atoms with van der Waals surface area (Å²) in [5, 5.41) is 38.5. The molecule has 22 heavy (non-hydrogen) atoms. The van der Waals surface area contributed by atoms with E-state index in [0.717, 1.165) is 0 Å². The van der Waals surface area contributed by atoms with Crippen LogP contribution in [-0.2, 0) is 23.1 Å². The lowest BCUT2D eigenvalue weighted by molar-refractivity contribution is -0.303. The second-order valence-corrected chi connectivity index (χ2v) is 6.00. The van der Waals surface area contributed by atoms with Gasteiger partial charge >= 0.3 is 7.82 Å². The van der Waals surface area contributed by atoms with Gasteiger partial charge in [0, 0.05) is 13.7 Å². The van der Waals surface area contributed by atoms with Crippen LogP contribution >= 0.6 is 7.82 Å². The van der Waals surface area contributed by atoms with Crippen molar-refractivity contribution in [2.24, 2.45) is 5.73 Å². The molecule has 1 aliphatic heterocycles. The average Bonchev–Trinajstić information content (AvgIpc) is 2.49. The third kappa shape index (κ3) is 4.91. The third-order valence-electron chi connectivity index (χ3n) is 3.01. The van der Waals surface area contributed by atoms with Gasteiger partial charge in [-0.25, -0.2) is 4.57 Å². The van der Waals surface area contributed by atoms with Gasteiger partial charge in [0.25, 0.3) is 0 Å². The number of phosphoric ester groups is 1. The number of aliphatic hydroxyl groups excluding tert-OH is 4. The van der Waals surface area contributed by atoms with Crippen molar-refractivity contribution in [1.82, 2.24) is 0 Å². The van der Waals surface area contributed by atoms with E-state index in [1.807, 2.05) is 0 Å². The van der Waals surface area contributed by atoms with Crippen LogP contribution in [0.5, 0.6) is 0 Å². The lowest BCUT2D eigenvalue weighted by Gasteiger charge is -2.43.